The predicted molar refractivity (Wildman–Crippen MR) is 118 cm³/mol. The molecule has 0 spiro atoms. The van der Waals surface area contributed by atoms with Crippen LogP contribution in [0.15, 0.2) is 12.2 Å². The van der Waals surface area contributed by atoms with Crippen LogP contribution in [0.1, 0.15) is 83.5 Å². The molecule has 0 aliphatic carbocycles. The van der Waals surface area contributed by atoms with Crippen LogP contribution < -0.4 is 0 Å². The second-order valence-electron chi connectivity index (χ2n) is 8.25. The Morgan fingerprint density at radius 3 is 2.14 bits per heavy atom. The molecule has 0 radical (unpaired) electrons. The molecule has 0 amide bonds. The molecular weight excluding hydrogens is 388 g/mol. The minimum atomic E-state index is -0.605. The van der Waals surface area contributed by atoms with Crippen LogP contribution in [0.4, 0.5) is 0 Å². The number of carbonyl (C=O) groups is 1. The molecule has 2 aliphatic rings. The zero-order valence-corrected chi connectivity index (χ0v) is 18.7. The lowest BCUT2D eigenvalue weighted by Crippen LogP contribution is -2.34. The molecule has 2 saturated heterocycles. The molecule has 168 valence electrons. The molecule has 2 aliphatic heterocycles. The number of carbonyl (C=O) groups excluding carboxylic acids is 1. The van der Waals surface area contributed by atoms with Gasteiger partial charge in [-0.1, -0.05) is 50.7 Å². The van der Waals surface area contributed by atoms with Crippen molar-refractivity contribution in [1.82, 2.24) is 0 Å². The number of fused-ring (bicyclic) bond motifs is 1. The molecule has 2 heterocycles. The maximum absolute atomic E-state index is 12.0. The minimum absolute atomic E-state index is 0.183. The number of hydrogen-bond donors (Lipinski definition) is 2. The van der Waals surface area contributed by atoms with Crippen LogP contribution in [-0.2, 0) is 19.0 Å². The third-order valence-electron chi connectivity index (χ3n) is 5.71. The van der Waals surface area contributed by atoms with Gasteiger partial charge in [0, 0.05) is 6.42 Å². The van der Waals surface area contributed by atoms with Gasteiger partial charge in [-0.05, 0) is 44.3 Å². The molecule has 4 atom stereocenters. The lowest BCUT2D eigenvalue weighted by molar-refractivity contribution is -0.153. The van der Waals surface area contributed by atoms with Crippen molar-refractivity contribution in [3.63, 3.8) is 0 Å². The third-order valence-corrected chi connectivity index (χ3v) is 6.03. The quantitative estimate of drug-likeness (QED) is 0.163. The fraction of sp³-hybridized carbons (Fsp3) is 0.870. The summed E-state index contributed by atoms with van der Waals surface area (Å²) in [5.74, 6) is 0.833. The van der Waals surface area contributed by atoms with E-state index in [1.807, 2.05) is 0 Å². The molecule has 0 saturated carbocycles. The molecule has 0 aromatic heterocycles. The SMILES string of the molecule is O=C(CCCCCCC/C=C\CCCCCCCS)OC1COC2C(O)COC12. The number of esters is 1. The fourth-order valence-electron chi connectivity index (χ4n) is 3.97. The summed E-state index contributed by atoms with van der Waals surface area (Å²) >= 11 is 4.23. The van der Waals surface area contributed by atoms with E-state index < -0.39 is 6.10 Å². The van der Waals surface area contributed by atoms with Gasteiger partial charge in [-0.15, -0.1) is 0 Å². The van der Waals surface area contributed by atoms with Crippen LogP contribution in [0.25, 0.3) is 0 Å². The Labute approximate surface area is 182 Å². The fourth-order valence-corrected chi connectivity index (χ4v) is 4.20. The average Bonchev–Trinajstić information content (AvgIpc) is 3.28. The van der Waals surface area contributed by atoms with Crippen molar-refractivity contribution in [2.24, 2.45) is 0 Å². The summed E-state index contributed by atoms with van der Waals surface area (Å²) in [6.07, 6.45) is 17.9. The molecule has 6 heteroatoms. The highest BCUT2D eigenvalue weighted by Crippen LogP contribution is 2.29. The lowest BCUT2D eigenvalue weighted by Gasteiger charge is -2.16. The Bertz CT molecular complexity index is 470. The minimum Gasteiger partial charge on any atom is -0.457 e. The van der Waals surface area contributed by atoms with Crippen LogP contribution in [0.2, 0.25) is 0 Å². The summed E-state index contributed by atoms with van der Waals surface area (Å²) in [7, 11) is 0. The highest BCUT2D eigenvalue weighted by molar-refractivity contribution is 7.80. The molecule has 0 bridgehead atoms. The molecule has 5 nitrogen and oxygen atoms in total. The first kappa shape index (κ1) is 24.7. The van der Waals surface area contributed by atoms with E-state index in [0.717, 1.165) is 25.0 Å². The van der Waals surface area contributed by atoms with Crippen LogP contribution in [0.3, 0.4) is 0 Å². The Kier molecular flexibility index (Phi) is 13.0. The van der Waals surface area contributed by atoms with Gasteiger partial charge in [0.2, 0.25) is 0 Å². The number of rotatable bonds is 16. The zero-order valence-electron chi connectivity index (χ0n) is 17.8. The first-order valence-electron chi connectivity index (χ1n) is 11.6. The highest BCUT2D eigenvalue weighted by atomic mass is 32.1. The normalized spacial score (nSPS) is 26.3. The van der Waals surface area contributed by atoms with Crippen molar-refractivity contribution in [3.05, 3.63) is 12.2 Å². The van der Waals surface area contributed by atoms with Gasteiger partial charge in [0.05, 0.1) is 13.2 Å². The lowest BCUT2D eigenvalue weighted by atomic mass is 10.1. The van der Waals surface area contributed by atoms with Crippen molar-refractivity contribution in [3.8, 4) is 0 Å². The number of thiol groups is 1. The molecular formula is C23H40O5S. The zero-order chi connectivity index (χ0) is 20.7. The molecule has 4 unspecified atom stereocenters. The average molecular weight is 429 g/mol. The van der Waals surface area contributed by atoms with E-state index in [4.69, 9.17) is 14.2 Å². The topological polar surface area (TPSA) is 65.0 Å². The summed E-state index contributed by atoms with van der Waals surface area (Å²) in [6, 6.07) is 0. The van der Waals surface area contributed by atoms with Crippen molar-refractivity contribution in [2.75, 3.05) is 19.0 Å². The van der Waals surface area contributed by atoms with Crippen molar-refractivity contribution < 1.29 is 24.1 Å². The second kappa shape index (κ2) is 15.3. The molecule has 0 aromatic rings. The van der Waals surface area contributed by atoms with E-state index in [9.17, 15) is 9.90 Å². The van der Waals surface area contributed by atoms with E-state index in [1.165, 1.54) is 57.8 Å². The number of unbranched alkanes of at least 4 members (excludes halogenated alkanes) is 10. The van der Waals surface area contributed by atoms with E-state index >= 15 is 0 Å². The smallest absolute Gasteiger partial charge is 0.306 e. The molecule has 2 rings (SSSR count). The van der Waals surface area contributed by atoms with Gasteiger partial charge in [-0.25, -0.2) is 0 Å². The van der Waals surface area contributed by atoms with Gasteiger partial charge in [0.15, 0.2) is 6.10 Å². The molecule has 0 aromatic carbocycles. The van der Waals surface area contributed by atoms with E-state index in [1.54, 1.807) is 0 Å². The number of aliphatic hydroxyl groups is 1. The number of aliphatic hydroxyl groups excluding tert-OH is 1. The van der Waals surface area contributed by atoms with Crippen molar-refractivity contribution in [1.29, 1.82) is 0 Å². The third kappa shape index (κ3) is 9.86. The van der Waals surface area contributed by atoms with Crippen LogP contribution in [-0.4, -0.2) is 54.5 Å². The summed E-state index contributed by atoms with van der Waals surface area (Å²) < 4.78 is 16.4. The van der Waals surface area contributed by atoms with Crippen LogP contribution in [0, 0.1) is 0 Å². The van der Waals surface area contributed by atoms with Crippen LogP contribution >= 0.6 is 12.6 Å². The maximum Gasteiger partial charge on any atom is 0.306 e. The van der Waals surface area contributed by atoms with Crippen LogP contribution in [0.5, 0.6) is 0 Å². The monoisotopic (exact) mass is 428 g/mol. The summed E-state index contributed by atoms with van der Waals surface area (Å²) in [5, 5.41) is 9.71. The predicted octanol–water partition coefficient (Wildman–Crippen LogP) is 4.61. The van der Waals surface area contributed by atoms with Gasteiger partial charge >= 0.3 is 5.97 Å². The Balaban J connectivity index is 1.35. The van der Waals surface area contributed by atoms with Gasteiger partial charge in [0.25, 0.3) is 0 Å². The standard InChI is InChI=1S/C23H40O5S/c24-19-17-26-23-20(18-27-22(19)23)28-21(25)15-13-11-9-7-5-3-1-2-4-6-8-10-12-14-16-29/h1-2,19-20,22-24,29H,3-18H2/b2-1-. The number of ether oxygens (including phenoxy) is 3. The second-order valence-corrected chi connectivity index (χ2v) is 8.70. The first-order chi connectivity index (χ1) is 14.2. The van der Waals surface area contributed by atoms with Gasteiger partial charge in [0.1, 0.15) is 18.3 Å². The Hall–Kier alpha value is -0.560. The summed E-state index contributed by atoms with van der Waals surface area (Å²) in [5.41, 5.74) is 0. The molecule has 29 heavy (non-hydrogen) atoms. The number of allylic oxidation sites excluding steroid dienone is 2. The van der Waals surface area contributed by atoms with Gasteiger partial charge in [-0.3, -0.25) is 4.79 Å². The largest absolute Gasteiger partial charge is 0.457 e. The highest BCUT2D eigenvalue weighted by Gasteiger charge is 2.48. The van der Waals surface area contributed by atoms with Gasteiger partial charge < -0.3 is 19.3 Å². The summed E-state index contributed by atoms with van der Waals surface area (Å²) in [4.78, 5) is 12.0. The Morgan fingerprint density at radius 2 is 1.45 bits per heavy atom. The van der Waals surface area contributed by atoms with Gasteiger partial charge in [-0.2, -0.15) is 12.6 Å². The first-order valence-corrected chi connectivity index (χ1v) is 12.2. The molecule has 2 fully saturated rings. The molecule has 1 N–H and O–H groups in total. The Morgan fingerprint density at radius 1 is 0.862 bits per heavy atom. The van der Waals surface area contributed by atoms with Crippen molar-refractivity contribution in [2.45, 2.75) is 108 Å². The van der Waals surface area contributed by atoms with E-state index in [0.29, 0.717) is 13.0 Å². The maximum atomic E-state index is 12.0. The van der Waals surface area contributed by atoms with E-state index in [-0.39, 0.29) is 30.9 Å². The summed E-state index contributed by atoms with van der Waals surface area (Å²) in [6.45, 7) is 0.580. The number of hydrogen-bond acceptors (Lipinski definition) is 6. The van der Waals surface area contributed by atoms with Crippen molar-refractivity contribution >= 4 is 18.6 Å². The van der Waals surface area contributed by atoms with E-state index in [2.05, 4.69) is 24.8 Å².